The first-order chi connectivity index (χ1) is 9.34. The van der Waals surface area contributed by atoms with E-state index in [1.54, 1.807) is 7.11 Å². The van der Waals surface area contributed by atoms with Crippen LogP contribution in [-0.4, -0.2) is 68.2 Å². The number of ether oxygens (including phenoxy) is 1. The SMILES string of the molecule is COCCN1CCCN(C(=O)CC(N)C(C)(C)C)CC1. The molecule has 0 spiro atoms. The number of nitrogens with zero attached hydrogens (tertiary/aromatic N) is 2. The Morgan fingerprint density at radius 3 is 2.55 bits per heavy atom. The van der Waals surface area contributed by atoms with Crippen LogP contribution in [-0.2, 0) is 9.53 Å². The Labute approximate surface area is 123 Å². The first-order valence-electron chi connectivity index (χ1n) is 7.59. The molecule has 1 aliphatic heterocycles. The molecule has 1 amide bonds. The summed E-state index contributed by atoms with van der Waals surface area (Å²) in [6.45, 7) is 11.6. The molecule has 1 atom stereocenters. The van der Waals surface area contributed by atoms with Gasteiger partial charge in [-0.3, -0.25) is 9.69 Å². The van der Waals surface area contributed by atoms with E-state index < -0.39 is 0 Å². The van der Waals surface area contributed by atoms with Crippen molar-refractivity contribution in [3.8, 4) is 0 Å². The van der Waals surface area contributed by atoms with Crippen LogP contribution in [0, 0.1) is 5.41 Å². The third-order valence-electron chi connectivity index (χ3n) is 4.06. The minimum atomic E-state index is -0.0807. The normalized spacial score (nSPS) is 19.8. The van der Waals surface area contributed by atoms with Crippen LogP contribution in [0.3, 0.4) is 0 Å². The quantitative estimate of drug-likeness (QED) is 0.816. The van der Waals surface area contributed by atoms with Crippen molar-refractivity contribution in [2.45, 2.75) is 39.7 Å². The second-order valence-electron chi connectivity index (χ2n) is 6.75. The summed E-state index contributed by atoms with van der Waals surface area (Å²) in [7, 11) is 1.72. The van der Waals surface area contributed by atoms with E-state index in [-0.39, 0.29) is 17.4 Å². The molecule has 1 aliphatic rings. The topological polar surface area (TPSA) is 58.8 Å². The van der Waals surface area contributed by atoms with Gasteiger partial charge in [-0.05, 0) is 18.4 Å². The van der Waals surface area contributed by atoms with E-state index in [1.165, 1.54) is 0 Å². The van der Waals surface area contributed by atoms with E-state index in [0.717, 1.165) is 45.8 Å². The van der Waals surface area contributed by atoms with Gasteiger partial charge in [0.1, 0.15) is 0 Å². The fourth-order valence-electron chi connectivity index (χ4n) is 2.29. The average molecular weight is 285 g/mol. The van der Waals surface area contributed by atoms with Crippen molar-refractivity contribution in [2.75, 3.05) is 46.4 Å². The zero-order chi connectivity index (χ0) is 15.2. The summed E-state index contributed by atoms with van der Waals surface area (Å²) in [5.41, 5.74) is 6.09. The lowest BCUT2D eigenvalue weighted by Crippen LogP contribution is -2.43. The average Bonchev–Trinajstić information content (AvgIpc) is 2.60. The summed E-state index contributed by atoms with van der Waals surface area (Å²) in [6, 6.07) is -0.0807. The van der Waals surface area contributed by atoms with Gasteiger partial charge in [0.2, 0.25) is 5.91 Å². The lowest BCUT2D eigenvalue weighted by Gasteiger charge is -2.29. The monoisotopic (exact) mass is 285 g/mol. The van der Waals surface area contributed by atoms with Crippen LogP contribution < -0.4 is 5.73 Å². The third kappa shape index (κ3) is 5.77. The molecule has 1 fully saturated rings. The number of carbonyl (C=O) groups excluding carboxylic acids is 1. The number of hydrogen-bond donors (Lipinski definition) is 1. The molecule has 5 nitrogen and oxygen atoms in total. The highest BCUT2D eigenvalue weighted by molar-refractivity contribution is 5.77. The largest absolute Gasteiger partial charge is 0.383 e. The molecule has 1 rings (SSSR count). The van der Waals surface area contributed by atoms with Crippen LogP contribution in [0.5, 0.6) is 0 Å². The molecule has 0 bridgehead atoms. The van der Waals surface area contributed by atoms with Crippen molar-refractivity contribution in [1.29, 1.82) is 0 Å². The van der Waals surface area contributed by atoms with Gasteiger partial charge in [-0.25, -0.2) is 0 Å². The van der Waals surface area contributed by atoms with Gasteiger partial charge in [0.05, 0.1) is 6.61 Å². The summed E-state index contributed by atoms with van der Waals surface area (Å²) >= 11 is 0. The summed E-state index contributed by atoms with van der Waals surface area (Å²) in [5.74, 6) is 0.195. The molecule has 1 unspecified atom stereocenters. The van der Waals surface area contributed by atoms with E-state index in [4.69, 9.17) is 10.5 Å². The Balaban J connectivity index is 2.42. The molecule has 0 aromatic heterocycles. The molecule has 20 heavy (non-hydrogen) atoms. The van der Waals surface area contributed by atoms with E-state index in [1.807, 2.05) is 4.90 Å². The lowest BCUT2D eigenvalue weighted by molar-refractivity contribution is -0.132. The Kier molecular flexibility index (Phi) is 6.92. The highest BCUT2D eigenvalue weighted by Gasteiger charge is 2.26. The maximum atomic E-state index is 12.3. The molecule has 1 heterocycles. The molecule has 0 aromatic rings. The van der Waals surface area contributed by atoms with E-state index in [0.29, 0.717) is 6.42 Å². The molecule has 118 valence electrons. The van der Waals surface area contributed by atoms with Gasteiger partial charge in [0.15, 0.2) is 0 Å². The first-order valence-corrected chi connectivity index (χ1v) is 7.59. The second kappa shape index (κ2) is 7.96. The zero-order valence-corrected chi connectivity index (χ0v) is 13.5. The van der Waals surface area contributed by atoms with Gasteiger partial charge in [0.25, 0.3) is 0 Å². The van der Waals surface area contributed by atoms with Crippen LogP contribution in [0.25, 0.3) is 0 Å². The van der Waals surface area contributed by atoms with Crippen LogP contribution in [0.2, 0.25) is 0 Å². The number of carbonyl (C=O) groups is 1. The maximum Gasteiger partial charge on any atom is 0.224 e. The van der Waals surface area contributed by atoms with Crippen molar-refractivity contribution in [3.05, 3.63) is 0 Å². The second-order valence-corrected chi connectivity index (χ2v) is 6.75. The molecule has 0 aliphatic carbocycles. The summed E-state index contributed by atoms with van der Waals surface area (Å²) in [5, 5.41) is 0. The minimum Gasteiger partial charge on any atom is -0.383 e. The highest BCUT2D eigenvalue weighted by Crippen LogP contribution is 2.20. The minimum absolute atomic E-state index is 0.0218. The van der Waals surface area contributed by atoms with Crippen molar-refractivity contribution >= 4 is 5.91 Å². The van der Waals surface area contributed by atoms with Crippen LogP contribution in [0.4, 0.5) is 0 Å². The van der Waals surface area contributed by atoms with Crippen molar-refractivity contribution in [2.24, 2.45) is 11.1 Å². The first kappa shape index (κ1) is 17.4. The van der Waals surface area contributed by atoms with Crippen molar-refractivity contribution < 1.29 is 9.53 Å². The molecule has 1 saturated heterocycles. The molecular formula is C15H31N3O2. The molecular weight excluding hydrogens is 254 g/mol. The number of hydrogen-bond acceptors (Lipinski definition) is 4. The van der Waals surface area contributed by atoms with Gasteiger partial charge < -0.3 is 15.4 Å². The summed E-state index contributed by atoms with van der Waals surface area (Å²) in [6.07, 6.45) is 1.47. The molecule has 2 N–H and O–H groups in total. The Bertz CT molecular complexity index is 302. The summed E-state index contributed by atoms with van der Waals surface area (Å²) < 4.78 is 5.11. The Morgan fingerprint density at radius 1 is 1.25 bits per heavy atom. The highest BCUT2D eigenvalue weighted by atomic mass is 16.5. The summed E-state index contributed by atoms with van der Waals surface area (Å²) in [4.78, 5) is 16.7. The fraction of sp³-hybridized carbons (Fsp3) is 0.933. The molecule has 5 heteroatoms. The van der Waals surface area contributed by atoms with Crippen LogP contribution >= 0.6 is 0 Å². The van der Waals surface area contributed by atoms with Crippen molar-refractivity contribution in [3.63, 3.8) is 0 Å². The van der Waals surface area contributed by atoms with E-state index in [9.17, 15) is 4.79 Å². The molecule has 0 aromatic carbocycles. The Morgan fingerprint density at radius 2 is 1.95 bits per heavy atom. The Hall–Kier alpha value is -0.650. The smallest absolute Gasteiger partial charge is 0.224 e. The number of amides is 1. The predicted octanol–water partition coefficient (Wildman–Crippen LogP) is 0.931. The van der Waals surface area contributed by atoms with Gasteiger partial charge >= 0.3 is 0 Å². The number of rotatable bonds is 5. The van der Waals surface area contributed by atoms with Gasteiger partial charge in [-0.15, -0.1) is 0 Å². The maximum absolute atomic E-state index is 12.3. The van der Waals surface area contributed by atoms with E-state index >= 15 is 0 Å². The molecule has 0 saturated carbocycles. The fourth-order valence-corrected chi connectivity index (χ4v) is 2.29. The number of nitrogens with two attached hydrogens (primary N) is 1. The lowest BCUT2D eigenvalue weighted by atomic mass is 9.85. The van der Waals surface area contributed by atoms with Crippen molar-refractivity contribution in [1.82, 2.24) is 9.80 Å². The zero-order valence-electron chi connectivity index (χ0n) is 13.5. The van der Waals surface area contributed by atoms with Crippen LogP contribution in [0.15, 0.2) is 0 Å². The van der Waals surface area contributed by atoms with Crippen LogP contribution in [0.1, 0.15) is 33.6 Å². The van der Waals surface area contributed by atoms with Gasteiger partial charge in [0, 0.05) is 45.8 Å². The predicted molar refractivity (Wildman–Crippen MR) is 81.6 cm³/mol. The van der Waals surface area contributed by atoms with Gasteiger partial charge in [-0.2, -0.15) is 0 Å². The van der Waals surface area contributed by atoms with Gasteiger partial charge in [-0.1, -0.05) is 20.8 Å². The molecule has 0 radical (unpaired) electrons. The van der Waals surface area contributed by atoms with E-state index in [2.05, 4.69) is 25.7 Å². The standard InChI is InChI=1S/C15H31N3O2/c1-15(2,3)13(16)12-14(19)18-7-5-6-17(8-9-18)10-11-20-4/h13H,5-12,16H2,1-4H3. The number of methoxy groups -OCH3 is 1. The third-order valence-corrected chi connectivity index (χ3v) is 4.06.